The van der Waals surface area contributed by atoms with Gasteiger partial charge in [-0.15, -0.1) is 0 Å². The Labute approximate surface area is 163 Å². The monoisotopic (exact) mass is 385 g/mol. The van der Waals surface area contributed by atoms with Crippen molar-refractivity contribution in [3.05, 3.63) is 52.3 Å². The molecule has 0 unspecified atom stereocenters. The number of carbonyl (C=O) groups excluding carboxylic acids is 4. The number of rotatable bonds is 8. The predicted molar refractivity (Wildman–Crippen MR) is 102 cm³/mol. The number of hydrogen-bond donors (Lipinski definition) is 1. The van der Waals surface area contributed by atoms with Gasteiger partial charge in [-0.25, -0.2) is 4.79 Å². The summed E-state index contributed by atoms with van der Waals surface area (Å²) in [5, 5.41) is 0. The van der Waals surface area contributed by atoms with E-state index in [-0.39, 0.29) is 17.3 Å². The van der Waals surface area contributed by atoms with Crippen molar-refractivity contribution in [2.45, 2.75) is 40.7 Å². The van der Waals surface area contributed by atoms with Gasteiger partial charge in [0.25, 0.3) is 0 Å². The number of H-pyrrole nitrogens is 1. The van der Waals surface area contributed by atoms with Crippen molar-refractivity contribution in [2.24, 2.45) is 0 Å². The second kappa shape index (κ2) is 8.65. The molecule has 0 fully saturated rings. The van der Waals surface area contributed by atoms with Crippen molar-refractivity contribution < 1.29 is 28.7 Å². The number of benzene rings is 1. The minimum Gasteiger partial charge on any atom is -0.482 e. The fourth-order valence-corrected chi connectivity index (χ4v) is 2.96. The van der Waals surface area contributed by atoms with Crippen LogP contribution in [0.5, 0.6) is 5.75 Å². The highest BCUT2D eigenvalue weighted by Crippen LogP contribution is 2.20. The molecule has 0 radical (unpaired) electrons. The van der Waals surface area contributed by atoms with Crippen LogP contribution in [0.15, 0.2) is 24.3 Å². The van der Waals surface area contributed by atoms with Gasteiger partial charge in [0.15, 0.2) is 24.3 Å². The van der Waals surface area contributed by atoms with Gasteiger partial charge in [0.2, 0.25) is 5.78 Å². The predicted octanol–water partition coefficient (Wildman–Crippen LogP) is 3.23. The van der Waals surface area contributed by atoms with E-state index < -0.39 is 24.5 Å². The van der Waals surface area contributed by atoms with E-state index in [2.05, 4.69) is 4.98 Å². The highest BCUT2D eigenvalue weighted by molar-refractivity contribution is 6.05. The van der Waals surface area contributed by atoms with Crippen molar-refractivity contribution >= 4 is 23.3 Å². The normalized spacial score (nSPS) is 11.6. The van der Waals surface area contributed by atoms with Crippen LogP contribution in [0.3, 0.4) is 0 Å². The maximum atomic E-state index is 12.6. The number of carbonyl (C=O) groups is 4. The Morgan fingerprint density at radius 2 is 1.75 bits per heavy atom. The van der Waals surface area contributed by atoms with Crippen LogP contribution in [-0.2, 0) is 9.53 Å². The Bertz CT molecular complexity index is 940. The molecule has 1 heterocycles. The lowest BCUT2D eigenvalue weighted by Gasteiger charge is -2.13. The topological polar surface area (TPSA) is 103 Å². The van der Waals surface area contributed by atoms with E-state index in [1.165, 1.54) is 26.8 Å². The van der Waals surface area contributed by atoms with Crippen molar-refractivity contribution in [2.75, 3.05) is 6.61 Å². The molecule has 28 heavy (non-hydrogen) atoms. The highest BCUT2D eigenvalue weighted by Gasteiger charge is 2.26. The summed E-state index contributed by atoms with van der Waals surface area (Å²) in [4.78, 5) is 50.6. The summed E-state index contributed by atoms with van der Waals surface area (Å²) in [5.74, 6) is -1.06. The Morgan fingerprint density at radius 3 is 2.32 bits per heavy atom. The number of aromatic nitrogens is 1. The van der Waals surface area contributed by atoms with E-state index in [0.717, 1.165) is 0 Å². The summed E-state index contributed by atoms with van der Waals surface area (Å²) in [6.45, 7) is 7.30. The summed E-state index contributed by atoms with van der Waals surface area (Å²) in [6.07, 6.45) is -1.05. The van der Waals surface area contributed by atoms with Crippen LogP contribution in [-0.4, -0.2) is 41.0 Å². The van der Waals surface area contributed by atoms with Gasteiger partial charge < -0.3 is 14.5 Å². The molecule has 0 spiro atoms. The van der Waals surface area contributed by atoms with Crippen LogP contribution in [0.4, 0.5) is 0 Å². The molecule has 1 aromatic heterocycles. The van der Waals surface area contributed by atoms with Crippen molar-refractivity contribution in [3.8, 4) is 5.75 Å². The molecule has 148 valence electrons. The number of aromatic amines is 1. The number of ether oxygens (including phenoxy) is 2. The summed E-state index contributed by atoms with van der Waals surface area (Å²) in [6, 6.07) is 6.43. The molecular formula is C21H23NO6. The van der Waals surface area contributed by atoms with Gasteiger partial charge in [-0.2, -0.15) is 0 Å². The molecule has 0 aliphatic heterocycles. The summed E-state index contributed by atoms with van der Waals surface area (Å²) in [5.41, 5.74) is 2.32. The van der Waals surface area contributed by atoms with Gasteiger partial charge >= 0.3 is 5.97 Å². The summed E-state index contributed by atoms with van der Waals surface area (Å²) in [7, 11) is 0. The van der Waals surface area contributed by atoms with E-state index in [4.69, 9.17) is 9.47 Å². The van der Waals surface area contributed by atoms with Gasteiger partial charge in [0, 0.05) is 16.8 Å². The number of aryl methyl sites for hydroxylation is 1. The first kappa shape index (κ1) is 21.1. The highest BCUT2D eigenvalue weighted by atomic mass is 16.6. The molecule has 7 nitrogen and oxygen atoms in total. The first-order valence-electron chi connectivity index (χ1n) is 8.79. The number of ketones is 3. The number of hydrogen-bond acceptors (Lipinski definition) is 6. The Balaban J connectivity index is 2.00. The van der Waals surface area contributed by atoms with Crippen molar-refractivity contribution in [1.29, 1.82) is 0 Å². The molecule has 0 amide bonds. The molecule has 0 bridgehead atoms. The lowest BCUT2D eigenvalue weighted by atomic mass is 10.0. The molecule has 2 rings (SSSR count). The molecule has 1 aromatic carbocycles. The second-order valence-corrected chi connectivity index (χ2v) is 6.55. The van der Waals surface area contributed by atoms with E-state index >= 15 is 0 Å². The lowest BCUT2D eigenvalue weighted by Crippen LogP contribution is -2.28. The molecule has 0 saturated heterocycles. The molecular weight excluding hydrogens is 362 g/mol. The SMILES string of the molecule is CC(=O)c1cccc(OCC(=O)O[C@@H](C)C(=O)c2[nH]c(C)c(C(C)=O)c2C)c1. The quantitative estimate of drug-likeness (QED) is 0.553. The Hall–Kier alpha value is -3.22. The average molecular weight is 385 g/mol. The maximum absolute atomic E-state index is 12.6. The molecule has 2 aromatic rings. The standard InChI is InChI=1S/C21H23NO6/c1-11-19(14(4)24)12(2)22-20(11)21(26)15(5)28-18(25)10-27-17-8-6-7-16(9-17)13(3)23/h6-9,15,22H,10H2,1-5H3/t15-/m0/s1. The fourth-order valence-electron chi connectivity index (χ4n) is 2.96. The number of esters is 1. The Morgan fingerprint density at radius 1 is 1.07 bits per heavy atom. The van der Waals surface area contributed by atoms with Crippen LogP contribution < -0.4 is 4.74 Å². The number of Topliss-reactive ketones (excluding diaryl/α,β-unsaturated/α-hetero) is 3. The van der Waals surface area contributed by atoms with E-state index in [1.54, 1.807) is 32.0 Å². The molecule has 0 saturated carbocycles. The van der Waals surface area contributed by atoms with Gasteiger partial charge in [-0.1, -0.05) is 12.1 Å². The van der Waals surface area contributed by atoms with Crippen molar-refractivity contribution in [1.82, 2.24) is 4.98 Å². The molecule has 1 atom stereocenters. The van der Waals surface area contributed by atoms with Crippen LogP contribution >= 0.6 is 0 Å². The molecule has 7 heteroatoms. The number of nitrogens with one attached hydrogen (secondary N) is 1. The third kappa shape index (κ3) is 4.73. The minimum absolute atomic E-state index is 0.117. The van der Waals surface area contributed by atoms with Gasteiger partial charge in [-0.3, -0.25) is 14.4 Å². The zero-order chi connectivity index (χ0) is 21.0. The smallest absolute Gasteiger partial charge is 0.344 e. The van der Waals surface area contributed by atoms with Crippen LogP contribution in [0, 0.1) is 13.8 Å². The third-order valence-corrected chi connectivity index (χ3v) is 4.31. The summed E-state index contributed by atoms with van der Waals surface area (Å²) >= 11 is 0. The lowest BCUT2D eigenvalue weighted by molar-refractivity contribution is -0.148. The average Bonchev–Trinajstić information content (AvgIpc) is 2.93. The van der Waals surface area contributed by atoms with Gasteiger partial charge in [-0.05, 0) is 52.3 Å². The van der Waals surface area contributed by atoms with Gasteiger partial charge in [0.05, 0.1) is 5.69 Å². The first-order chi connectivity index (χ1) is 13.1. The maximum Gasteiger partial charge on any atom is 0.344 e. The van der Waals surface area contributed by atoms with Crippen molar-refractivity contribution in [3.63, 3.8) is 0 Å². The van der Waals surface area contributed by atoms with E-state index in [0.29, 0.717) is 28.1 Å². The molecule has 0 aliphatic carbocycles. The van der Waals surface area contributed by atoms with E-state index in [9.17, 15) is 19.2 Å². The van der Waals surface area contributed by atoms with Crippen LogP contribution in [0.1, 0.15) is 63.2 Å². The fraction of sp³-hybridized carbons (Fsp3) is 0.333. The molecule has 1 N–H and O–H groups in total. The largest absolute Gasteiger partial charge is 0.482 e. The zero-order valence-electron chi connectivity index (χ0n) is 16.5. The zero-order valence-corrected chi connectivity index (χ0v) is 16.5. The van der Waals surface area contributed by atoms with Crippen LogP contribution in [0.2, 0.25) is 0 Å². The first-order valence-corrected chi connectivity index (χ1v) is 8.79. The Kier molecular flexibility index (Phi) is 6.51. The van der Waals surface area contributed by atoms with Crippen LogP contribution in [0.25, 0.3) is 0 Å². The molecule has 0 aliphatic rings. The minimum atomic E-state index is -1.05. The van der Waals surface area contributed by atoms with Gasteiger partial charge in [0.1, 0.15) is 5.75 Å². The second-order valence-electron chi connectivity index (χ2n) is 6.55. The van der Waals surface area contributed by atoms with E-state index in [1.807, 2.05) is 0 Å². The third-order valence-electron chi connectivity index (χ3n) is 4.31. The summed E-state index contributed by atoms with van der Waals surface area (Å²) < 4.78 is 10.5.